The molecule has 0 aliphatic rings. The third-order valence-electron chi connectivity index (χ3n) is 5.30. The first-order valence-corrected chi connectivity index (χ1v) is 12.6. The summed E-state index contributed by atoms with van der Waals surface area (Å²) in [5.41, 5.74) is 5.21. The highest BCUT2D eigenvalue weighted by Crippen LogP contribution is 2.14. The number of nitrogens with two attached hydrogens (primary N) is 1. The number of carboxylic acid groups (broad SMARTS) is 1. The largest absolute Gasteiger partial charge is 0.481 e. The molecule has 0 aliphatic heterocycles. The van der Waals surface area contributed by atoms with Crippen LogP contribution in [0.5, 0.6) is 0 Å². The van der Waals surface area contributed by atoms with E-state index in [0.29, 0.717) is 6.42 Å². The topological polar surface area (TPSA) is 63.3 Å². The summed E-state index contributed by atoms with van der Waals surface area (Å²) in [6.45, 7) is 5.31. The SMILES string of the molecule is CCCCCCCCCCCCCCCCCCCC(=O)O.CCCCCN. The molecule has 170 valence electrons. The van der Waals surface area contributed by atoms with E-state index in [9.17, 15) is 4.79 Å². The molecule has 0 aromatic rings. The average molecular weight is 400 g/mol. The van der Waals surface area contributed by atoms with Gasteiger partial charge in [0.25, 0.3) is 0 Å². The molecule has 0 saturated heterocycles. The van der Waals surface area contributed by atoms with Gasteiger partial charge in [-0.05, 0) is 19.4 Å². The summed E-state index contributed by atoms with van der Waals surface area (Å²) in [6.07, 6.45) is 26.9. The van der Waals surface area contributed by atoms with Crippen LogP contribution in [0.1, 0.15) is 149 Å². The van der Waals surface area contributed by atoms with E-state index in [1.807, 2.05) is 0 Å². The zero-order valence-corrected chi connectivity index (χ0v) is 19.5. The third kappa shape index (κ3) is 33.0. The van der Waals surface area contributed by atoms with Crippen LogP contribution >= 0.6 is 0 Å². The monoisotopic (exact) mass is 399 g/mol. The van der Waals surface area contributed by atoms with E-state index in [0.717, 1.165) is 19.4 Å². The number of aliphatic carboxylic acids is 1. The van der Waals surface area contributed by atoms with Crippen molar-refractivity contribution in [3.05, 3.63) is 0 Å². The van der Waals surface area contributed by atoms with Gasteiger partial charge >= 0.3 is 5.97 Å². The lowest BCUT2D eigenvalue weighted by Gasteiger charge is -2.03. The number of hydrogen-bond acceptors (Lipinski definition) is 2. The van der Waals surface area contributed by atoms with Crippen LogP contribution in [0.4, 0.5) is 0 Å². The van der Waals surface area contributed by atoms with Gasteiger partial charge in [-0.25, -0.2) is 0 Å². The van der Waals surface area contributed by atoms with E-state index in [2.05, 4.69) is 13.8 Å². The van der Waals surface area contributed by atoms with Gasteiger partial charge in [0, 0.05) is 6.42 Å². The summed E-state index contributed by atoms with van der Waals surface area (Å²) in [5, 5.41) is 8.54. The summed E-state index contributed by atoms with van der Waals surface area (Å²) in [4.78, 5) is 10.4. The summed E-state index contributed by atoms with van der Waals surface area (Å²) < 4.78 is 0. The highest BCUT2D eigenvalue weighted by atomic mass is 16.4. The van der Waals surface area contributed by atoms with Crippen molar-refractivity contribution in [1.82, 2.24) is 0 Å². The predicted octanol–water partition coefficient (Wildman–Crippen LogP) is 8.25. The summed E-state index contributed by atoms with van der Waals surface area (Å²) in [6, 6.07) is 0. The lowest BCUT2D eigenvalue weighted by atomic mass is 10.0. The highest BCUT2D eigenvalue weighted by Gasteiger charge is 1.97. The Hall–Kier alpha value is -0.570. The van der Waals surface area contributed by atoms with E-state index in [1.54, 1.807) is 0 Å². The molecule has 3 nitrogen and oxygen atoms in total. The molecule has 0 bridgehead atoms. The zero-order valence-electron chi connectivity index (χ0n) is 19.5. The Kier molecular flexibility index (Phi) is 30.3. The highest BCUT2D eigenvalue weighted by molar-refractivity contribution is 5.66. The predicted molar refractivity (Wildman–Crippen MR) is 125 cm³/mol. The standard InChI is InChI=1S/C20H40O2.C5H13N/c1-2-3-4-5-6-7-8-9-10-11-12-13-14-15-16-17-18-19-20(21)22;1-2-3-4-5-6/h2-19H2,1H3,(H,21,22);2-6H2,1H3. The summed E-state index contributed by atoms with van der Waals surface area (Å²) >= 11 is 0. The van der Waals surface area contributed by atoms with Gasteiger partial charge in [0.05, 0.1) is 0 Å². The third-order valence-corrected chi connectivity index (χ3v) is 5.30. The van der Waals surface area contributed by atoms with E-state index in [4.69, 9.17) is 10.8 Å². The Balaban J connectivity index is 0. The molecule has 3 N–H and O–H groups in total. The minimum Gasteiger partial charge on any atom is -0.481 e. The van der Waals surface area contributed by atoms with Crippen molar-refractivity contribution >= 4 is 5.97 Å². The Morgan fingerprint density at radius 3 is 1.07 bits per heavy atom. The zero-order chi connectivity index (χ0) is 21.1. The first kappa shape index (κ1) is 29.6. The van der Waals surface area contributed by atoms with Crippen molar-refractivity contribution in [2.45, 2.75) is 149 Å². The number of carbonyl (C=O) groups is 1. The van der Waals surface area contributed by atoms with Crippen molar-refractivity contribution in [3.8, 4) is 0 Å². The summed E-state index contributed by atoms with van der Waals surface area (Å²) in [5.74, 6) is -0.652. The molecule has 0 aromatic heterocycles. The van der Waals surface area contributed by atoms with E-state index in [-0.39, 0.29) is 0 Å². The van der Waals surface area contributed by atoms with Gasteiger partial charge in [-0.2, -0.15) is 0 Å². The molecule has 0 saturated carbocycles. The van der Waals surface area contributed by atoms with Crippen LogP contribution in [-0.4, -0.2) is 17.6 Å². The van der Waals surface area contributed by atoms with Crippen molar-refractivity contribution in [3.63, 3.8) is 0 Å². The molecular weight excluding hydrogens is 346 g/mol. The van der Waals surface area contributed by atoms with Gasteiger partial charge < -0.3 is 10.8 Å². The number of rotatable bonds is 21. The second-order valence-electron chi connectivity index (χ2n) is 8.30. The van der Waals surface area contributed by atoms with Crippen molar-refractivity contribution < 1.29 is 9.90 Å². The Bertz CT molecular complexity index is 278. The molecule has 0 amide bonds. The normalized spacial score (nSPS) is 10.5. The maximum atomic E-state index is 10.4. The summed E-state index contributed by atoms with van der Waals surface area (Å²) in [7, 11) is 0. The van der Waals surface area contributed by atoms with Crippen LogP contribution in [0, 0.1) is 0 Å². The fourth-order valence-electron chi connectivity index (χ4n) is 3.40. The number of hydrogen-bond donors (Lipinski definition) is 2. The molecule has 0 aliphatic carbocycles. The molecule has 0 fully saturated rings. The molecule has 3 heteroatoms. The van der Waals surface area contributed by atoms with E-state index >= 15 is 0 Å². The Morgan fingerprint density at radius 1 is 0.536 bits per heavy atom. The van der Waals surface area contributed by atoms with Crippen LogP contribution in [0.3, 0.4) is 0 Å². The number of carboxylic acids is 1. The molecule has 28 heavy (non-hydrogen) atoms. The van der Waals surface area contributed by atoms with Gasteiger partial charge in [0.15, 0.2) is 0 Å². The van der Waals surface area contributed by atoms with Gasteiger partial charge in [0.2, 0.25) is 0 Å². The number of unbranched alkanes of at least 4 members (excludes halogenated alkanes) is 18. The van der Waals surface area contributed by atoms with Crippen molar-refractivity contribution in [1.29, 1.82) is 0 Å². The van der Waals surface area contributed by atoms with Gasteiger partial charge in [-0.1, -0.05) is 129 Å². The van der Waals surface area contributed by atoms with E-state index < -0.39 is 5.97 Å². The van der Waals surface area contributed by atoms with Crippen molar-refractivity contribution in [2.24, 2.45) is 5.73 Å². The maximum Gasteiger partial charge on any atom is 0.303 e. The average Bonchev–Trinajstić information content (AvgIpc) is 2.69. The fourth-order valence-corrected chi connectivity index (χ4v) is 3.40. The quantitative estimate of drug-likeness (QED) is 0.191. The Labute approximate surface area is 177 Å². The van der Waals surface area contributed by atoms with E-state index in [1.165, 1.54) is 116 Å². The van der Waals surface area contributed by atoms with Gasteiger partial charge in [0.1, 0.15) is 0 Å². The van der Waals surface area contributed by atoms with Gasteiger partial charge in [-0.3, -0.25) is 4.79 Å². The van der Waals surface area contributed by atoms with Crippen LogP contribution in [0.25, 0.3) is 0 Å². The minimum atomic E-state index is -0.652. The van der Waals surface area contributed by atoms with Crippen LogP contribution in [-0.2, 0) is 4.79 Å². The Morgan fingerprint density at radius 2 is 0.821 bits per heavy atom. The molecule has 0 spiro atoms. The first-order valence-electron chi connectivity index (χ1n) is 12.6. The second kappa shape index (κ2) is 28.6. The minimum absolute atomic E-state index is 0.346. The molecule has 0 rings (SSSR count). The smallest absolute Gasteiger partial charge is 0.303 e. The fraction of sp³-hybridized carbons (Fsp3) is 0.960. The lowest BCUT2D eigenvalue weighted by molar-refractivity contribution is -0.137. The molecule has 0 heterocycles. The van der Waals surface area contributed by atoms with Crippen LogP contribution < -0.4 is 5.73 Å². The molecule has 0 unspecified atom stereocenters. The van der Waals surface area contributed by atoms with Crippen LogP contribution in [0.2, 0.25) is 0 Å². The molecule has 0 radical (unpaired) electrons. The molecule has 0 atom stereocenters. The van der Waals surface area contributed by atoms with Crippen molar-refractivity contribution in [2.75, 3.05) is 6.54 Å². The molecule has 0 aromatic carbocycles. The van der Waals surface area contributed by atoms with Crippen LogP contribution in [0.15, 0.2) is 0 Å². The second-order valence-corrected chi connectivity index (χ2v) is 8.30. The molecular formula is C25H53NO2. The maximum absolute atomic E-state index is 10.4. The first-order chi connectivity index (χ1) is 13.7. The lowest BCUT2D eigenvalue weighted by Crippen LogP contribution is -1.96. The van der Waals surface area contributed by atoms with Gasteiger partial charge in [-0.15, -0.1) is 0 Å².